The fourth-order valence-electron chi connectivity index (χ4n) is 1.23. The molecule has 4 heteroatoms. The van der Waals surface area contributed by atoms with Gasteiger partial charge < -0.3 is 4.42 Å². The lowest BCUT2D eigenvalue weighted by molar-refractivity contribution is 0.527. The largest absolute Gasteiger partial charge is 0.434 e. The third kappa shape index (κ3) is 1.46. The van der Waals surface area contributed by atoms with Crippen LogP contribution < -0.4 is 5.76 Å². The average Bonchev–Trinajstić information content (AvgIpc) is 2.57. The van der Waals surface area contributed by atoms with E-state index >= 15 is 0 Å². The van der Waals surface area contributed by atoms with Crippen LogP contribution in [-0.4, -0.2) is 10.2 Å². The summed E-state index contributed by atoms with van der Waals surface area (Å²) in [6, 6.07) is 5.79. The van der Waals surface area contributed by atoms with Crippen LogP contribution in [0, 0.1) is 13.8 Å². The first-order valence-electron chi connectivity index (χ1n) is 4.30. The zero-order valence-electron chi connectivity index (χ0n) is 8.00. The Kier molecular flexibility index (Phi) is 1.96. The standard InChI is InChI=1S/C10H10N2O2/c1-6-3-4-8(5-7(6)2)9-11-12-10(13)14-9/h3-5H,1-2H3,(H,12,13). The van der Waals surface area contributed by atoms with E-state index in [-0.39, 0.29) is 0 Å². The summed E-state index contributed by atoms with van der Waals surface area (Å²) in [5, 5.41) is 5.98. The molecule has 0 spiro atoms. The van der Waals surface area contributed by atoms with Gasteiger partial charge in [-0.1, -0.05) is 6.07 Å². The van der Waals surface area contributed by atoms with Crippen LogP contribution in [0.5, 0.6) is 0 Å². The molecule has 1 aromatic heterocycles. The monoisotopic (exact) mass is 190 g/mol. The number of nitrogens with zero attached hydrogens (tertiary/aromatic N) is 1. The van der Waals surface area contributed by atoms with E-state index in [1.807, 2.05) is 32.0 Å². The Morgan fingerprint density at radius 1 is 1.29 bits per heavy atom. The maximum absolute atomic E-state index is 10.7. The zero-order chi connectivity index (χ0) is 10.1. The molecule has 0 fully saturated rings. The van der Waals surface area contributed by atoms with E-state index in [4.69, 9.17) is 4.42 Å². The SMILES string of the molecule is Cc1ccc(-c2n[nH]c(=O)o2)cc1C. The normalized spacial score (nSPS) is 10.4. The van der Waals surface area contributed by atoms with Gasteiger partial charge in [0.15, 0.2) is 0 Å². The van der Waals surface area contributed by atoms with Crippen molar-refractivity contribution in [3.05, 3.63) is 39.9 Å². The molecule has 72 valence electrons. The van der Waals surface area contributed by atoms with Gasteiger partial charge in [0.05, 0.1) is 0 Å². The predicted octanol–water partition coefficient (Wildman–Crippen LogP) is 1.65. The lowest BCUT2D eigenvalue weighted by Crippen LogP contribution is -1.93. The summed E-state index contributed by atoms with van der Waals surface area (Å²) in [6.07, 6.45) is 0. The summed E-state index contributed by atoms with van der Waals surface area (Å²) in [5.74, 6) is -0.198. The highest BCUT2D eigenvalue weighted by atomic mass is 16.4. The number of aromatic nitrogens is 2. The van der Waals surface area contributed by atoms with Gasteiger partial charge in [0, 0.05) is 5.56 Å². The molecule has 0 amide bonds. The van der Waals surface area contributed by atoms with Gasteiger partial charge >= 0.3 is 5.76 Å². The number of H-pyrrole nitrogens is 1. The van der Waals surface area contributed by atoms with Crippen molar-refractivity contribution < 1.29 is 4.42 Å². The molecule has 2 aromatic rings. The van der Waals surface area contributed by atoms with Crippen molar-refractivity contribution >= 4 is 0 Å². The van der Waals surface area contributed by atoms with Crippen LogP contribution in [0.15, 0.2) is 27.4 Å². The van der Waals surface area contributed by atoms with E-state index < -0.39 is 5.76 Å². The first-order chi connectivity index (χ1) is 6.66. The van der Waals surface area contributed by atoms with Gasteiger partial charge in [-0.05, 0) is 37.1 Å². The van der Waals surface area contributed by atoms with Crippen molar-refractivity contribution in [2.75, 3.05) is 0 Å². The highest BCUT2D eigenvalue weighted by Crippen LogP contribution is 2.18. The highest BCUT2D eigenvalue weighted by Gasteiger charge is 2.05. The van der Waals surface area contributed by atoms with Crippen molar-refractivity contribution in [3.63, 3.8) is 0 Å². The summed E-state index contributed by atoms with van der Waals surface area (Å²) >= 11 is 0. The van der Waals surface area contributed by atoms with E-state index in [0.717, 1.165) is 11.1 Å². The minimum Gasteiger partial charge on any atom is -0.388 e. The van der Waals surface area contributed by atoms with Crippen LogP contribution >= 0.6 is 0 Å². The molecule has 0 atom stereocenters. The Hall–Kier alpha value is -1.84. The molecule has 1 aromatic carbocycles. The molecule has 0 aliphatic rings. The number of aryl methyl sites for hydroxylation is 2. The van der Waals surface area contributed by atoms with Crippen LogP contribution in [0.2, 0.25) is 0 Å². The quantitative estimate of drug-likeness (QED) is 0.743. The molecule has 0 saturated heterocycles. The maximum atomic E-state index is 10.7. The summed E-state index contributed by atoms with van der Waals surface area (Å²) in [4.78, 5) is 10.7. The van der Waals surface area contributed by atoms with Crippen LogP contribution in [0.25, 0.3) is 11.5 Å². The average molecular weight is 190 g/mol. The summed E-state index contributed by atoms with van der Waals surface area (Å²) in [5.41, 5.74) is 3.16. The lowest BCUT2D eigenvalue weighted by Gasteiger charge is -2.00. The molecule has 0 saturated carbocycles. The van der Waals surface area contributed by atoms with Gasteiger partial charge in [-0.15, -0.1) is 5.10 Å². The van der Waals surface area contributed by atoms with E-state index in [0.29, 0.717) is 5.89 Å². The van der Waals surface area contributed by atoms with Crippen LogP contribution in [0.1, 0.15) is 11.1 Å². The minimum atomic E-state index is -0.529. The lowest BCUT2D eigenvalue weighted by atomic mass is 10.1. The predicted molar refractivity (Wildman–Crippen MR) is 52.0 cm³/mol. The molecule has 0 bridgehead atoms. The fraction of sp³-hybridized carbons (Fsp3) is 0.200. The number of benzene rings is 1. The Labute approximate surface area is 80.6 Å². The molecule has 1 heterocycles. The smallest absolute Gasteiger partial charge is 0.388 e. The molecule has 0 radical (unpaired) electrons. The number of hydrogen-bond acceptors (Lipinski definition) is 3. The van der Waals surface area contributed by atoms with Gasteiger partial charge in [-0.2, -0.15) is 0 Å². The topological polar surface area (TPSA) is 58.9 Å². The summed E-state index contributed by atoms with van der Waals surface area (Å²) in [6.45, 7) is 4.03. The molecular formula is C10H10N2O2. The molecule has 0 aliphatic heterocycles. The van der Waals surface area contributed by atoms with Crippen molar-refractivity contribution in [3.8, 4) is 11.5 Å². The second-order valence-electron chi connectivity index (χ2n) is 3.22. The summed E-state index contributed by atoms with van der Waals surface area (Å²) < 4.78 is 4.84. The number of nitrogens with one attached hydrogen (secondary N) is 1. The van der Waals surface area contributed by atoms with Gasteiger partial charge in [-0.25, -0.2) is 9.89 Å². The Bertz CT molecular complexity index is 511. The molecule has 1 N–H and O–H groups in total. The number of rotatable bonds is 1. The highest BCUT2D eigenvalue weighted by molar-refractivity contribution is 5.54. The van der Waals surface area contributed by atoms with Gasteiger partial charge in [-0.3, -0.25) is 0 Å². The Balaban J connectivity index is 2.52. The van der Waals surface area contributed by atoms with Crippen molar-refractivity contribution in [1.29, 1.82) is 0 Å². The number of aromatic amines is 1. The van der Waals surface area contributed by atoms with E-state index in [1.165, 1.54) is 5.56 Å². The molecule has 2 rings (SSSR count). The second kappa shape index (κ2) is 3.14. The van der Waals surface area contributed by atoms with E-state index in [1.54, 1.807) is 0 Å². The zero-order valence-corrected chi connectivity index (χ0v) is 8.00. The molecule has 0 aliphatic carbocycles. The minimum absolute atomic E-state index is 0.332. The Morgan fingerprint density at radius 2 is 2.07 bits per heavy atom. The van der Waals surface area contributed by atoms with E-state index in [2.05, 4.69) is 10.2 Å². The van der Waals surface area contributed by atoms with Gasteiger partial charge in [0.25, 0.3) is 0 Å². The third-order valence-electron chi connectivity index (χ3n) is 2.19. The van der Waals surface area contributed by atoms with Crippen molar-refractivity contribution in [2.24, 2.45) is 0 Å². The van der Waals surface area contributed by atoms with Crippen LogP contribution in [0.4, 0.5) is 0 Å². The first-order valence-corrected chi connectivity index (χ1v) is 4.30. The van der Waals surface area contributed by atoms with Gasteiger partial charge in [0.2, 0.25) is 5.89 Å². The number of hydrogen-bond donors (Lipinski definition) is 1. The van der Waals surface area contributed by atoms with Gasteiger partial charge in [0.1, 0.15) is 0 Å². The van der Waals surface area contributed by atoms with Crippen LogP contribution in [0.3, 0.4) is 0 Å². The first kappa shape index (κ1) is 8.74. The molecule has 0 unspecified atom stereocenters. The van der Waals surface area contributed by atoms with Crippen molar-refractivity contribution in [1.82, 2.24) is 10.2 Å². The molecule has 14 heavy (non-hydrogen) atoms. The third-order valence-corrected chi connectivity index (χ3v) is 2.19. The Morgan fingerprint density at radius 3 is 2.64 bits per heavy atom. The fourth-order valence-corrected chi connectivity index (χ4v) is 1.23. The molecular weight excluding hydrogens is 180 g/mol. The summed E-state index contributed by atoms with van der Waals surface area (Å²) in [7, 11) is 0. The second-order valence-corrected chi connectivity index (χ2v) is 3.22. The van der Waals surface area contributed by atoms with E-state index in [9.17, 15) is 4.79 Å². The molecule has 4 nitrogen and oxygen atoms in total. The van der Waals surface area contributed by atoms with Crippen molar-refractivity contribution in [2.45, 2.75) is 13.8 Å². The van der Waals surface area contributed by atoms with Crippen LogP contribution in [-0.2, 0) is 0 Å². The maximum Gasteiger partial charge on any atom is 0.434 e.